The van der Waals surface area contributed by atoms with Crippen LogP contribution in [0.3, 0.4) is 0 Å². The molecule has 7 nitrogen and oxygen atoms in total. The number of benzene rings is 2. The molecule has 0 aliphatic heterocycles. The maximum atomic E-state index is 12.4. The minimum Gasteiger partial charge on any atom is -0.366 e. The van der Waals surface area contributed by atoms with Gasteiger partial charge in [-0.2, -0.15) is 4.98 Å². The number of ketones is 1. The van der Waals surface area contributed by atoms with Crippen LogP contribution in [0, 0.1) is 0 Å². The molecule has 0 saturated heterocycles. The number of pyridine rings is 1. The fraction of sp³-hybridized carbons (Fsp3) is 0.130. The van der Waals surface area contributed by atoms with E-state index >= 15 is 0 Å². The van der Waals surface area contributed by atoms with Gasteiger partial charge < -0.3 is 11.1 Å². The first-order valence-electron chi connectivity index (χ1n) is 9.56. The summed E-state index contributed by atoms with van der Waals surface area (Å²) in [6.07, 6.45) is 2.49. The third-order valence-electron chi connectivity index (χ3n) is 4.70. The maximum Gasteiger partial charge on any atom is 0.240 e. The third kappa shape index (κ3) is 4.52. The van der Waals surface area contributed by atoms with Crippen LogP contribution < -0.4 is 11.1 Å². The molecule has 3 N–H and O–H groups in total. The van der Waals surface area contributed by atoms with Crippen LogP contribution in [0.15, 0.2) is 66.9 Å². The molecule has 150 valence electrons. The van der Waals surface area contributed by atoms with Crippen molar-refractivity contribution in [1.29, 1.82) is 0 Å². The number of amides is 1. The van der Waals surface area contributed by atoms with Crippen molar-refractivity contribution in [2.75, 3.05) is 11.1 Å². The van der Waals surface area contributed by atoms with Crippen LogP contribution in [0.5, 0.6) is 0 Å². The first-order chi connectivity index (χ1) is 14.5. The van der Waals surface area contributed by atoms with Crippen molar-refractivity contribution in [3.05, 3.63) is 78.0 Å². The summed E-state index contributed by atoms with van der Waals surface area (Å²) in [5, 5.41) is 6.96. The molecule has 0 aliphatic carbocycles. The van der Waals surface area contributed by atoms with E-state index in [0.29, 0.717) is 17.8 Å². The lowest BCUT2D eigenvalue weighted by atomic mass is 10.0. The van der Waals surface area contributed by atoms with Gasteiger partial charge in [-0.3, -0.25) is 9.59 Å². The Balaban J connectivity index is 1.40. The van der Waals surface area contributed by atoms with Crippen molar-refractivity contribution in [2.45, 2.75) is 19.8 Å². The molecule has 0 aliphatic rings. The van der Waals surface area contributed by atoms with Gasteiger partial charge in [-0.05, 0) is 53.4 Å². The highest BCUT2D eigenvalue weighted by molar-refractivity contribution is 5.92. The Morgan fingerprint density at radius 1 is 0.933 bits per heavy atom. The summed E-state index contributed by atoms with van der Waals surface area (Å²) in [6, 6.07) is 19.0. The molecule has 2 aromatic carbocycles. The molecule has 30 heavy (non-hydrogen) atoms. The predicted octanol–water partition coefficient (Wildman–Crippen LogP) is 3.29. The Kier molecular flexibility index (Phi) is 5.26. The molecule has 0 spiro atoms. The zero-order chi connectivity index (χ0) is 21.1. The largest absolute Gasteiger partial charge is 0.366 e. The molecule has 4 aromatic rings. The van der Waals surface area contributed by atoms with Crippen molar-refractivity contribution in [2.24, 2.45) is 0 Å². The van der Waals surface area contributed by atoms with Gasteiger partial charge in [0.2, 0.25) is 11.9 Å². The molecular formula is C23H21N5O2. The highest BCUT2D eigenvalue weighted by Gasteiger charge is 2.07. The van der Waals surface area contributed by atoms with E-state index in [4.69, 9.17) is 5.73 Å². The maximum absolute atomic E-state index is 12.4. The molecule has 2 aromatic heterocycles. The van der Waals surface area contributed by atoms with Crippen LogP contribution in [0.2, 0.25) is 0 Å². The number of aromatic nitrogens is 3. The SMILES string of the molecule is CC(=O)Cc1ccc(NC(=O)Cc2ccc(-c3ccn4nc(N)nc4c3)cc2)cc1. The molecule has 0 saturated carbocycles. The van der Waals surface area contributed by atoms with Crippen molar-refractivity contribution >= 4 is 29.0 Å². The number of nitrogen functional groups attached to an aromatic ring is 1. The number of carbonyl (C=O) groups excluding carboxylic acids is 2. The van der Waals surface area contributed by atoms with E-state index in [2.05, 4.69) is 15.4 Å². The lowest BCUT2D eigenvalue weighted by molar-refractivity contribution is -0.116. The van der Waals surface area contributed by atoms with Gasteiger partial charge in [-0.15, -0.1) is 5.10 Å². The highest BCUT2D eigenvalue weighted by Crippen LogP contribution is 2.21. The second kappa shape index (κ2) is 8.16. The second-order valence-corrected chi connectivity index (χ2v) is 7.19. The summed E-state index contributed by atoms with van der Waals surface area (Å²) in [4.78, 5) is 27.7. The van der Waals surface area contributed by atoms with E-state index in [1.54, 1.807) is 11.4 Å². The van der Waals surface area contributed by atoms with Crippen LogP contribution in [-0.4, -0.2) is 26.3 Å². The Morgan fingerprint density at radius 2 is 1.60 bits per heavy atom. The molecule has 7 heteroatoms. The van der Waals surface area contributed by atoms with Gasteiger partial charge >= 0.3 is 0 Å². The summed E-state index contributed by atoms with van der Waals surface area (Å²) in [5.74, 6) is 0.255. The molecule has 1 amide bonds. The monoisotopic (exact) mass is 399 g/mol. The molecule has 0 unspecified atom stereocenters. The van der Waals surface area contributed by atoms with Crippen LogP contribution >= 0.6 is 0 Å². The van der Waals surface area contributed by atoms with Crippen LogP contribution in [0.25, 0.3) is 16.8 Å². The minimum atomic E-state index is -0.0950. The number of hydrogen-bond donors (Lipinski definition) is 2. The van der Waals surface area contributed by atoms with E-state index < -0.39 is 0 Å². The number of rotatable bonds is 6. The summed E-state index contributed by atoms with van der Waals surface area (Å²) in [5.41, 5.74) is 10.9. The number of nitrogens with two attached hydrogens (primary N) is 1. The zero-order valence-corrected chi connectivity index (χ0v) is 16.5. The van der Waals surface area contributed by atoms with Gasteiger partial charge in [0, 0.05) is 18.3 Å². The number of carbonyl (C=O) groups is 2. The molecule has 0 radical (unpaired) electrons. The Morgan fingerprint density at radius 3 is 2.30 bits per heavy atom. The number of Topliss-reactive ketones (excluding diaryl/α,β-unsaturated/α-hetero) is 1. The van der Waals surface area contributed by atoms with Crippen molar-refractivity contribution in [3.8, 4) is 11.1 Å². The van der Waals surface area contributed by atoms with Crippen LogP contribution in [0.4, 0.5) is 11.6 Å². The van der Waals surface area contributed by atoms with Gasteiger partial charge in [-0.25, -0.2) is 4.52 Å². The van der Waals surface area contributed by atoms with E-state index in [0.717, 1.165) is 22.3 Å². The summed E-state index contributed by atoms with van der Waals surface area (Å²) < 4.78 is 1.63. The van der Waals surface area contributed by atoms with E-state index in [1.807, 2.05) is 66.9 Å². The first-order valence-corrected chi connectivity index (χ1v) is 9.56. The van der Waals surface area contributed by atoms with Crippen molar-refractivity contribution in [3.63, 3.8) is 0 Å². The highest BCUT2D eigenvalue weighted by atomic mass is 16.1. The fourth-order valence-electron chi connectivity index (χ4n) is 3.28. The minimum absolute atomic E-state index is 0.0950. The average molecular weight is 399 g/mol. The lowest BCUT2D eigenvalue weighted by Gasteiger charge is -2.07. The number of nitrogens with one attached hydrogen (secondary N) is 1. The molecule has 0 atom stereocenters. The predicted molar refractivity (Wildman–Crippen MR) is 116 cm³/mol. The van der Waals surface area contributed by atoms with E-state index in [9.17, 15) is 9.59 Å². The normalized spacial score (nSPS) is 10.8. The topological polar surface area (TPSA) is 102 Å². The molecular weight excluding hydrogens is 378 g/mol. The lowest BCUT2D eigenvalue weighted by Crippen LogP contribution is -2.14. The fourth-order valence-corrected chi connectivity index (χ4v) is 3.28. The standard InChI is InChI=1S/C23H21N5O2/c1-15(29)12-16-4-8-20(9-5-16)25-22(30)13-17-2-6-18(7-3-17)19-10-11-28-21(14-19)26-23(24)27-28/h2-11,14H,12-13H2,1H3,(H2,24,27)(H,25,30). The average Bonchev–Trinajstić information content (AvgIpc) is 3.09. The van der Waals surface area contributed by atoms with Gasteiger partial charge in [0.05, 0.1) is 6.42 Å². The van der Waals surface area contributed by atoms with Gasteiger partial charge in [-0.1, -0.05) is 36.4 Å². The Labute approximate surface area is 173 Å². The van der Waals surface area contributed by atoms with Gasteiger partial charge in [0.15, 0.2) is 5.65 Å². The van der Waals surface area contributed by atoms with Crippen molar-refractivity contribution < 1.29 is 9.59 Å². The molecule has 4 rings (SSSR count). The number of nitrogens with zero attached hydrogens (tertiary/aromatic N) is 3. The molecule has 2 heterocycles. The number of anilines is 2. The first kappa shape index (κ1) is 19.3. The second-order valence-electron chi connectivity index (χ2n) is 7.19. The molecule has 0 bridgehead atoms. The van der Waals surface area contributed by atoms with E-state index in [1.165, 1.54) is 0 Å². The Bertz CT molecular complexity index is 1210. The molecule has 0 fully saturated rings. The van der Waals surface area contributed by atoms with Gasteiger partial charge in [0.25, 0.3) is 0 Å². The smallest absolute Gasteiger partial charge is 0.240 e. The van der Waals surface area contributed by atoms with Crippen LogP contribution in [0.1, 0.15) is 18.1 Å². The number of fused-ring (bicyclic) bond motifs is 1. The summed E-state index contributed by atoms with van der Waals surface area (Å²) in [6.45, 7) is 1.56. The quantitative estimate of drug-likeness (QED) is 0.518. The summed E-state index contributed by atoms with van der Waals surface area (Å²) >= 11 is 0. The number of hydrogen-bond acceptors (Lipinski definition) is 5. The van der Waals surface area contributed by atoms with E-state index in [-0.39, 0.29) is 24.1 Å². The Hall–Kier alpha value is -4.00. The third-order valence-corrected chi connectivity index (χ3v) is 4.70. The zero-order valence-electron chi connectivity index (χ0n) is 16.5. The van der Waals surface area contributed by atoms with Gasteiger partial charge in [0.1, 0.15) is 5.78 Å². The summed E-state index contributed by atoms with van der Waals surface area (Å²) in [7, 11) is 0. The van der Waals surface area contributed by atoms with Crippen molar-refractivity contribution in [1.82, 2.24) is 14.6 Å². The van der Waals surface area contributed by atoms with Crippen LogP contribution in [-0.2, 0) is 22.4 Å².